The van der Waals surface area contributed by atoms with Gasteiger partial charge in [-0.25, -0.2) is 0 Å². The number of benzene rings is 1. The average Bonchev–Trinajstić information content (AvgIpc) is 2.80. The molecule has 0 bridgehead atoms. The van der Waals surface area contributed by atoms with Gasteiger partial charge in [0.15, 0.2) is 0 Å². The van der Waals surface area contributed by atoms with Crippen LogP contribution in [0.3, 0.4) is 0 Å². The van der Waals surface area contributed by atoms with Crippen molar-refractivity contribution in [3.8, 4) is 5.75 Å². The summed E-state index contributed by atoms with van der Waals surface area (Å²) in [6.07, 6.45) is 2.30. The quantitative estimate of drug-likeness (QED) is 0.873. The van der Waals surface area contributed by atoms with Gasteiger partial charge in [-0.05, 0) is 44.4 Å². The predicted octanol–water partition coefficient (Wildman–Crippen LogP) is 2.54. The number of hydrogen-bond donors (Lipinski definition) is 1. The predicted molar refractivity (Wildman–Crippen MR) is 86.5 cm³/mol. The Morgan fingerprint density at radius 2 is 2.04 bits per heavy atom. The van der Waals surface area contributed by atoms with Gasteiger partial charge in [0, 0.05) is 19.6 Å². The summed E-state index contributed by atoms with van der Waals surface area (Å²) in [7, 11) is 0. The minimum absolute atomic E-state index is 0.0249. The topological polar surface area (TPSA) is 59.0 Å². The summed E-state index contributed by atoms with van der Waals surface area (Å²) >= 11 is 0. The van der Waals surface area contributed by atoms with Crippen LogP contribution in [0.15, 0.2) is 24.3 Å². The van der Waals surface area contributed by atoms with Crippen LogP contribution in [-0.2, 0) is 16.1 Å². The third-order valence-corrected chi connectivity index (χ3v) is 4.63. The van der Waals surface area contributed by atoms with Crippen molar-refractivity contribution in [3.05, 3.63) is 29.8 Å². The monoisotopic (exact) mass is 319 g/mol. The van der Waals surface area contributed by atoms with Crippen LogP contribution in [0.1, 0.15) is 32.3 Å². The molecule has 0 amide bonds. The molecule has 1 unspecified atom stereocenters. The molecule has 2 saturated heterocycles. The van der Waals surface area contributed by atoms with Gasteiger partial charge in [0.1, 0.15) is 12.4 Å². The summed E-state index contributed by atoms with van der Waals surface area (Å²) < 4.78 is 11.7. The molecule has 0 radical (unpaired) electrons. The van der Waals surface area contributed by atoms with Gasteiger partial charge in [0.05, 0.1) is 17.6 Å². The van der Waals surface area contributed by atoms with Crippen LogP contribution in [0.25, 0.3) is 0 Å². The van der Waals surface area contributed by atoms with Crippen molar-refractivity contribution in [2.75, 3.05) is 19.7 Å². The van der Waals surface area contributed by atoms with Crippen LogP contribution in [0.2, 0.25) is 0 Å². The Balaban J connectivity index is 1.42. The van der Waals surface area contributed by atoms with Gasteiger partial charge in [-0.2, -0.15) is 0 Å². The highest BCUT2D eigenvalue weighted by molar-refractivity contribution is 5.71. The minimum atomic E-state index is -0.692. The van der Waals surface area contributed by atoms with E-state index in [1.807, 2.05) is 24.3 Å². The van der Waals surface area contributed by atoms with Crippen molar-refractivity contribution in [2.24, 2.45) is 5.92 Å². The zero-order valence-electron chi connectivity index (χ0n) is 13.8. The summed E-state index contributed by atoms with van der Waals surface area (Å²) in [6, 6.07) is 8.04. The van der Waals surface area contributed by atoms with E-state index in [2.05, 4.69) is 18.7 Å². The summed E-state index contributed by atoms with van der Waals surface area (Å²) in [5.41, 5.74) is 1.16. The Labute approximate surface area is 137 Å². The molecule has 1 atom stereocenters. The van der Waals surface area contributed by atoms with Crippen molar-refractivity contribution in [2.45, 2.75) is 44.9 Å². The van der Waals surface area contributed by atoms with Gasteiger partial charge in [-0.15, -0.1) is 0 Å². The number of likely N-dealkylation sites (tertiary alicyclic amines) is 1. The maximum atomic E-state index is 10.8. The molecule has 0 aliphatic carbocycles. The van der Waals surface area contributed by atoms with E-state index < -0.39 is 5.97 Å². The molecule has 0 aromatic heterocycles. The van der Waals surface area contributed by atoms with Gasteiger partial charge >= 0.3 is 5.97 Å². The van der Waals surface area contributed by atoms with Crippen LogP contribution in [0.4, 0.5) is 0 Å². The van der Waals surface area contributed by atoms with E-state index in [9.17, 15) is 4.79 Å². The zero-order valence-corrected chi connectivity index (χ0v) is 13.8. The molecular weight excluding hydrogens is 294 g/mol. The maximum Gasteiger partial charge on any atom is 0.309 e. The van der Waals surface area contributed by atoms with Gasteiger partial charge in [0.2, 0.25) is 0 Å². The Morgan fingerprint density at radius 3 is 2.61 bits per heavy atom. The molecule has 2 aliphatic heterocycles. The lowest BCUT2D eigenvalue weighted by Crippen LogP contribution is -2.49. The van der Waals surface area contributed by atoms with Gasteiger partial charge in [-0.3, -0.25) is 9.69 Å². The fraction of sp³-hybridized carbons (Fsp3) is 0.611. The largest absolute Gasteiger partial charge is 0.491 e. The lowest BCUT2D eigenvalue weighted by molar-refractivity contribution is -0.147. The Kier molecular flexibility index (Phi) is 4.60. The average molecular weight is 319 g/mol. The van der Waals surface area contributed by atoms with Gasteiger partial charge in [0.25, 0.3) is 0 Å². The summed E-state index contributed by atoms with van der Waals surface area (Å²) in [4.78, 5) is 12.9. The molecule has 5 nitrogen and oxygen atoms in total. The van der Waals surface area contributed by atoms with Crippen molar-refractivity contribution >= 4 is 5.97 Å². The SMILES string of the molecule is CC1(C)CCC(COc2ccc(CN3CC(C(=O)O)C3)cc2)O1. The molecule has 2 aliphatic rings. The van der Waals surface area contributed by atoms with Crippen LogP contribution in [0, 0.1) is 5.92 Å². The van der Waals surface area contributed by atoms with E-state index in [0.717, 1.165) is 25.1 Å². The fourth-order valence-electron chi connectivity index (χ4n) is 3.19. The summed E-state index contributed by atoms with van der Waals surface area (Å²) in [5.74, 6) is -0.0374. The van der Waals surface area contributed by atoms with Gasteiger partial charge < -0.3 is 14.6 Å². The molecule has 126 valence electrons. The third kappa shape index (κ3) is 4.24. The van der Waals surface area contributed by atoms with Crippen LogP contribution < -0.4 is 4.74 Å². The molecule has 23 heavy (non-hydrogen) atoms. The first-order valence-electron chi connectivity index (χ1n) is 8.26. The first-order chi connectivity index (χ1) is 10.9. The molecule has 0 spiro atoms. The minimum Gasteiger partial charge on any atom is -0.491 e. The van der Waals surface area contributed by atoms with E-state index in [1.54, 1.807) is 0 Å². The van der Waals surface area contributed by atoms with E-state index in [1.165, 1.54) is 5.56 Å². The van der Waals surface area contributed by atoms with Crippen LogP contribution in [-0.4, -0.2) is 47.4 Å². The highest BCUT2D eigenvalue weighted by Crippen LogP contribution is 2.29. The number of rotatable bonds is 6. The summed E-state index contributed by atoms with van der Waals surface area (Å²) in [6.45, 7) is 6.91. The van der Waals surface area contributed by atoms with E-state index in [-0.39, 0.29) is 17.6 Å². The molecule has 3 rings (SSSR count). The van der Waals surface area contributed by atoms with Crippen molar-refractivity contribution in [1.29, 1.82) is 0 Å². The van der Waals surface area contributed by atoms with Crippen molar-refractivity contribution in [3.63, 3.8) is 0 Å². The van der Waals surface area contributed by atoms with Crippen molar-refractivity contribution < 1.29 is 19.4 Å². The number of ether oxygens (including phenoxy) is 2. The normalized spacial score (nSPS) is 24.3. The van der Waals surface area contributed by atoms with E-state index >= 15 is 0 Å². The first-order valence-corrected chi connectivity index (χ1v) is 8.26. The Morgan fingerprint density at radius 1 is 1.35 bits per heavy atom. The number of aliphatic carboxylic acids is 1. The molecule has 2 fully saturated rings. The Hall–Kier alpha value is -1.59. The lowest BCUT2D eigenvalue weighted by Gasteiger charge is -2.36. The Bertz CT molecular complexity index is 549. The van der Waals surface area contributed by atoms with E-state index in [4.69, 9.17) is 14.6 Å². The second kappa shape index (κ2) is 6.49. The third-order valence-electron chi connectivity index (χ3n) is 4.63. The number of carbonyl (C=O) groups is 1. The number of carboxylic acid groups (broad SMARTS) is 1. The molecular formula is C18H25NO4. The lowest BCUT2D eigenvalue weighted by atomic mass is 10.00. The zero-order chi connectivity index (χ0) is 16.4. The molecule has 5 heteroatoms. The highest BCUT2D eigenvalue weighted by Gasteiger charge is 2.32. The van der Waals surface area contributed by atoms with Gasteiger partial charge in [-0.1, -0.05) is 12.1 Å². The smallest absolute Gasteiger partial charge is 0.309 e. The molecule has 1 aromatic carbocycles. The fourth-order valence-corrected chi connectivity index (χ4v) is 3.19. The van der Waals surface area contributed by atoms with Crippen LogP contribution >= 0.6 is 0 Å². The standard InChI is InChI=1S/C18H25NO4/c1-18(2)8-7-16(23-18)12-22-15-5-3-13(4-6-15)9-19-10-14(11-19)17(20)21/h3-6,14,16H,7-12H2,1-2H3,(H,20,21). The maximum absolute atomic E-state index is 10.8. The summed E-state index contributed by atoms with van der Waals surface area (Å²) in [5, 5.41) is 8.88. The second-order valence-corrected chi connectivity index (χ2v) is 7.22. The number of carboxylic acids is 1. The highest BCUT2D eigenvalue weighted by atomic mass is 16.6. The molecule has 2 heterocycles. The van der Waals surface area contributed by atoms with E-state index in [0.29, 0.717) is 19.7 Å². The molecule has 1 aromatic rings. The second-order valence-electron chi connectivity index (χ2n) is 7.22. The molecule has 0 saturated carbocycles. The number of hydrogen-bond acceptors (Lipinski definition) is 4. The van der Waals surface area contributed by atoms with Crippen LogP contribution in [0.5, 0.6) is 5.75 Å². The first kappa shape index (κ1) is 16.3. The van der Waals surface area contributed by atoms with Crippen molar-refractivity contribution in [1.82, 2.24) is 4.90 Å². The number of nitrogens with zero attached hydrogens (tertiary/aromatic N) is 1. The molecule has 1 N–H and O–H groups in total.